The minimum absolute atomic E-state index is 0.188. The van der Waals surface area contributed by atoms with Gasteiger partial charge in [0.25, 0.3) is 0 Å². The van der Waals surface area contributed by atoms with Gasteiger partial charge in [-0.15, -0.1) is 0 Å². The molecular weight excluding hydrogens is 297 g/mol. The Bertz CT molecular complexity index is 701. The summed E-state index contributed by atoms with van der Waals surface area (Å²) in [7, 11) is 1.52. The van der Waals surface area contributed by atoms with Crippen molar-refractivity contribution in [3.63, 3.8) is 0 Å². The van der Waals surface area contributed by atoms with E-state index in [-0.39, 0.29) is 11.7 Å². The third-order valence-corrected chi connectivity index (χ3v) is 3.89. The number of hydrogen-bond donors (Lipinski definition) is 2. The number of carboxylic acids is 1. The molecule has 2 rings (SSSR count). The second-order valence-electron chi connectivity index (χ2n) is 4.37. The molecule has 1 aromatic heterocycles. The fourth-order valence-corrected chi connectivity index (χ4v) is 2.79. The van der Waals surface area contributed by atoms with Crippen molar-refractivity contribution < 1.29 is 19.1 Å². The second-order valence-corrected chi connectivity index (χ2v) is 5.31. The molecule has 0 bridgehead atoms. The zero-order valence-corrected chi connectivity index (χ0v) is 12.3. The van der Waals surface area contributed by atoms with Gasteiger partial charge < -0.3 is 15.0 Å². The number of carbonyl (C=O) groups is 2. The number of carbonyl (C=O) groups excluding carboxylic acids is 1. The standard InChI is InChI=1S/C13H14FN3O3S/c1-7(12(20)15-2)17-10-4-3-8(14)5-9(10)16-13(17)21-6-11(18)19/h3-5,7H,6H2,1-2H3,(H,15,20)(H,18,19). The molecule has 0 radical (unpaired) electrons. The Morgan fingerprint density at radius 1 is 1.52 bits per heavy atom. The second kappa shape index (κ2) is 6.13. The molecule has 1 heterocycles. The Labute approximate surface area is 124 Å². The number of benzene rings is 1. The van der Waals surface area contributed by atoms with E-state index < -0.39 is 17.8 Å². The summed E-state index contributed by atoms with van der Waals surface area (Å²) in [5.74, 6) is -1.85. The minimum Gasteiger partial charge on any atom is -0.481 e. The summed E-state index contributed by atoms with van der Waals surface area (Å²) in [4.78, 5) is 26.8. The number of aromatic nitrogens is 2. The van der Waals surface area contributed by atoms with E-state index in [0.717, 1.165) is 11.8 Å². The number of amides is 1. The van der Waals surface area contributed by atoms with E-state index in [2.05, 4.69) is 10.3 Å². The van der Waals surface area contributed by atoms with Crippen molar-refractivity contribution in [2.75, 3.05) is 12.8 Å². The lowest BCUT2D eigenvalue weighted by Crippen LogP contribution is -2.28. The van der Waals surface area contributed by atoms with Crippen LogP contribution in [-0.4, -0.2) is 39.3 Å². The van der Waals surface area contributed by atoms with Crippen LogP contribution in [0.4, 0.5) is 4.39 Å². The van der Waals surface area contributed by atoms with Crippen molar-refractivity contribution in [1.29, 1.82) is 0 Å². The fraction of sp³-hybridized carbons (Fsp3) is 0.308. The summed E-state index contributed by atoms with van der Waals surface area (Å²) < 4.78 is 14.9. The van der Waals surface area contributed by atoms with Crippen LogP contribution in [-0.2, 0) is 9.59 Å². The van der Waals surface area contributed by atoms with Crippen LogP contribution in [0.2, 0.25) is 0 Å². The zero-order valence-electron chi connectivity index (χ0n) is 11.5. The Kier molecular flexibility index (Phi) is 4.46. The summed E-state index contributed by atoms with van der Waals surface area (Å²) in [5, 5.41) is 11.7. The predicted octanol–water partition coefficient (Wildman–Crippen LogP) is 1.66. The largest absolute Gasteiger partial charge is 0.481 e. The van der Waals surface area contributed by atoms with Crippen LogP contribution in [0, 0.1) is 5.82 Å². The average molecular weight is 311 g/mol. The summed E-state index contributed by atoms with van der Waals surface area (Å²) in [6, 6.07) is 3.49. The first-order chi connectivity index (χ1) is 9.93. The first-order valence-corrected chi connectivity index (χ1v) is 7.16. The van der Waals surface area contributed by atoms with Crippen LogP contribution in [0.1, 0.15) is 13.0 Å². The normalized spacial score (nSPS) is 12.3. The molecule has 1 aromatic carbocycles. The number of halogens is 1. The predicted molar refractivity (Wildman–Crippen MR) is 76.8 cm³/mol. The van der Waals surface area contributed by atoms with Gasteiger partial charge in [0.2, 0.25) is 5.91 Å². The van der Waals surface area contributed by atoms with Gasteiger partial charge >= 0.3 is 5.97 Å². The van der Waals surface area contributed by atoms with E-state index in [1.807, 2.05) is 0 Å². The number of thioether (sulfide) groups is 1. The van der Waals surface area contributed by atoms with E-state index in [1.165, 1.54) is 25.2 Å². The smallest absolute Gasteiger partial charge is 0.313 e. The first kappa shape index (κ1) is 15.3. The first-order valence-electron chi connectivity index (χ1n) is 6.17. The van der Waals surface area contributed by atoms with E-state index in [0.29, 0.717) is 16.2 Å². The van der Waals surface area contributed by atoms with Gasteiger partial charge in [-0.1, -0.05) is 11.8 Å². The molecule has 2 N–H and O–H groups in total. The van der Waals surface area contributed by atoms with E-state index in [1.54, 1.807) is 11.5 Å². The van der Waals surface area contributed by atoms with Crippen LogP contribution >= 0.6 is 11.8 Å². The van der Waals surface area contributed by atoms with Crippen molar-refractivity contribution in [3.8, 4) is 0 Å². The SMILES string of the molecule is CNC(=O)C(C)n1c(SCC(=O)O)nc2cc(F)ccc21. The molecule has 8 heteroatoms. The number of aliphatic carboxylic acids is 1. The Morgan fingerprint density at radius 2 is 2.24 bits per heavy atom. The van der Waals surface area contributed by atoms with Gasteiger partial charge in [-0.25, -0.2) is 9.37 Å². The van der Waals surface area contributed by atoms with Gasteiger partial charge in [-0.2, -0.15) is 0 Å². The number of likely N-dealkylation sites (N-methyl/N-ethyl adjacent to an activating group) is 1. The molecule has 0 aliphatic rings. The van der Waals surface area contributed by atoms with Crippen molar-refractivity contribution in [1.82, 2.24) is 14.9 Å². The number of fused-ring (bicyclic) bond motifs is 1. The molecule has 0 spiro atoms. The maximum absolute atomic E-state index is 13.3. The van der Waals surface area contributed by atoms with Gasteiger partial charge in [0, 0.05) is 13.1 Å². The van der Waals surface area contributed by atoms with Gasteiger partial charge in [0.15, 0.2) is 5.16 Å². The lowest BCUT2D eigenvalue weighted by atomic mass is 10.2. The third-order valence-electron chi connectivity index (χ3n) is 2.96. The molecule has 0 saturated heterocycles. The van der Waals surface area contributed by atoms with Crippen molar-refractivity contribution >= 4 is 34.7 Å². The molecule has 0 fully saturated rings. The summed E-state index contributed by atoms with van der Waals surface area (Å²) in [6.07, 6.45) is 0. The molecule has 0 aliphatic heterocycles. The number of rotatable bonds is 5. The summed E-state index contributed by atoms with van der Waals surface area (Å²) in [6.45, 7) is 1.67. The maximum Gasteiger partial charge on any atom is 0.313 e. The van der Waals surface area contributed by atoms with Crippen molar-refractivity contribution in [3.05, 3.63) is 24.0 Å². The highest BCUT2D eigenvalue weighted by Crippen LogP contribution is 2.28. The Hall–Kier alpha value is -2.09. The molecule has 6 nitrogen and oxygen atoms in total. The van der Waals surface area contributed by atoms with E-state index in [4.69, 9.17) is 5.11 Å². The Balaban J connectivity index is 2.54. The highest BCUT2D eigenvalue weighted by molar-refractivity contribution is 7.99. The molecule has 0 aliphatic carbocycles. The molecule has 1 unspecified atom stereocenters. The summed E-state index contributed by atoms with van der Waals surface area (Å²) in [5.41, 5.74) is 0.971. The molecule has 0 saturated carbocycles. The zero-order chi connectivity index (χ0) is 15.6. The fourth-order valence-electron chi connectivity index (χ4n) is 1.98. The van der Waals surface area contributed by atoms with E-state index >= 15 is 0 Å². The van der Waals surface area contributed by atoms with Gasteiger partial charge in [0.05, 0.1) is 16.8 Å². The molecule has 1 amide bonds. The number of imidazole rings is 1. The highest BCUT2D eigenvalue weighted by atomic mass is 32.2. The maximum atomic E-state index is 13.3. The van der Waals surface area contributed by atoms with Crippen molar-refractivity contribution in [2.45, 2.75) is 18.1 Å². The lowest BCUT2D eigenvalue weighted by molar-refractivity contribution is -0.133. The average Bonchev–Trinajstić information content (AvgIpc) is 2.80. The van der Waals surface area contributed by atoms with Gasteiger partial charge in [-0.05, 0) is 19.1 Å². The molecule has 112 valence electrons. The molecule has 1 atom stereocenters. The molecular formula is C13H14FN3O3S. The lowest BCUT2D eigenvalue weighted by Gasteiger charge is -2.15. The quantitative estimate of drug-likeness (QED) is 0.820. The topological polar surface area (TPSA) is 84.2 Å². The summed E-state index contributed by atoms with van der Waals surface area (Å²) >= 11 is 0.993. The number of nitrogens with one attached hydrogen (secondary N) is 1. The number of nitrogens with zero attached hydrogens (tertiary/aromatic N) is 2. The number of carboxylic acid groups (broad SMARTS) is 1. The van der Waals surface area contributed by atoms with Crippen molar-refractivity contribution in [2.24, 2.45) is 0 Å². The third kappa shape index (κ3) is 3.15. The monoisotopic (exact) mass is 311 g/mol. The molecule has 2 aromatic rings. The minimum atomic E-state index is -0.989. The highest BCUT2D eigenvalue weighted by Gasteiger charge is 2.21. The van der Waals surface area contributed by atoms with Gasteiger partial charge in [0.1, 0.15) is 11.9 Å². The van der Waals surface area contributed by atoms with Crippen LogP contribution in [0.5, 0.6) is 0 Å². The van der Waals surface area contributed by atoms with Crippen LogP contribution < -0.4 is 5.32 Å². The van der Waals surface area contributed by atoms with Gasteiger partial charge in [-0.3, -0.25) is 9.59 Å². The van der Waals surface area contributed by atoms with E-state index in [9.17, 15) is 14.0 Å². The van der Waals surface area contributed by atoms with Crippen LogP contribution in [0.3, 0.4) is 0 Å². The Morgan fingerprint density at radius 3 is 2.86 bits per heavy atom. The van der Waals surface area contributed by atoms with Crippen LogP contribution in [0.15, 0.2) is 23.4 Å². The molecule has 21 heavy (non-hydrogen) atoms. The number of hydrogen-bond acceptors (Lipinski definition) is 4. The van der Waals surface area contributed by atoms with Crippen LogP contribution in [0.25, 0.3) is 11.0 Å².